The van der Waals surface area contributed by atoms with Gasteiger partial charge in [-0.1, -0.05) is 70.8 Å². The molecular weight excluding hydrogens is 1090 g/mol. The molecular formula is C60H42N8O8S4. The SMILES string of the molecule is Cc1ccc(S(=O)(=O)c2ccc3c(c2)-c2nc-3nc3[nH]c(nc4nc(nc5[nH]c(n2)c2ccc(S(=O)(=O)c6ccc(C)cc6)cc52)-c2ccc(S(=O)(=O)c5ccc(C)cc5)cc2-4)c2ccc(S(=O)(=O)c4ccc(C)cc4)cc32)cc1. The molecule has 20 heteroatoms. The van der Waals surface area contributed by atoms with E-state index in [9.17, 15) is 33.7 Å². The van der Waals surface area contributed by atoms with Gasteiger partial charge >= 0.3 is 0 Å². The molecule has 0 unspecified atom stereocenters. The number of H-pyrrole nitrogens is 2. The fraction of sp³-hybridized carbons (Fsp3) is 0.0667. The van der Waals surface area contributed by atoms with Crippen molar-refractivity contribution in [2.75, 3.05) is 0 Å². The van der Waals surface area contributed by atoms with Gasteiger partial charge < -0.3 is 9.97 Å². The quantitative estimate of drug-likeness (QED) is 0.144. The summed E-state index contributed by atoms with van der Waals surface area (Å²) in [6, 6.07) is 44.1. The summed E-state index contributed by atoms with van der Waals surface area (Å²) in [5, 5.41) is 1.44. The number of nitrogens with one attached hydrogen (secondary N) is 2. The molecule has 0 saturated carbocycles. The smallest absolute Gasteiger partial charge is 0.206 e. The molecule has 394 valence electrons. The summed E-state index contributed by atoms with van der Waals surface area (Å²) in [6.45, 7) is 7.43. The molecule has 2 aliphatic heterocycles. The van der Waals surface area contributed by atoms with Gasteiger partial charge in [0, 0.05) is 43.8 Å². The van der Waals surface area contributed by atoms with Crippen molar-refractivity contribution in [3.63, 3.8) is 0 Å². The van der Waals surface area contributed by atoms with E-state index in [0.717, 1.165) is 22.3 Å². The molecule has 8 bridgehead atoms. The van der Waals surface area contributed by atoms with Crippen molar-refractivity contribution in [3.8, 4) is 45.6 Å². The second-order valence-corrected chi connectivity index (χ2v) is 27.5. The van der Waals surface area contributed by atoms with E-state index in [1.54, 1.807) is 72.8 Å². The second-order valence-electron chi connectivity index (χ2n) is 19.7. The van der Waals surface area contributed by atoms with Gasteiger partial charge in [0.2, 0.25) is 39.3 Å². The minimum Gasteiger partial charge on any atom is -0.324 e. The topological polar surface area (TPSA) is 245 Å². The van der Waals surface area contributed by atoms with Gasteiger partial charge in [-0.05, 0) is 149 Å². The molecule has 0 saturated heterocycles. The minimum atomic E-state index is -4.09. The average molecular weight is 1130 g/mol. The summed E-state index contributed by atoms with van der Waals surface area (Å²) in [7, 11) is -16.4. The Morgan fingerprint density at radius 1 is 0.250 bits per heavy atom. The number of nitrogens with zero attached hydrogens (tertiary/aromatic N) is 6. The van der Waals surface area contributed by atoms with Crippen LogP contribution in [0.3, 0.4) is 0 Å². The van der Waals surface area contributed by atoms with Crippen LogP contribution in [0.2, 0.25) is 0 Å². The summed E-state index contributed by atoms with van der Waals surface area (Å²) in [6.07, 6.45) is 0. The van der Waals surface area contributed by atoms with E-state index in [4.69, 9.17) is 29.9 Å². The minimum absolute atomic E-state index is 0.0303. The first-order valence-corrected chi connectivity index (χ1v) is 30.8. The van der Waals surface area contributed by atoms with E-state index < -0.39 is 39.3 Å². The number of benzene rings is 8. The Morgan fingerprint density at radius 3 is 0.787 bits per heavy atom. The van der Waals surface area contributed by atoms with Crippen LogP contribution in [-0.2, 0) is 39.3 Å². The first-order chi connectivity index (χ1) is 38.2. The van der Waals surface area contributed by atoms with Gasteiger partial charge in [0.15, 0.2) is 23.3 Å². The fourth-order valence-corrected chi connectivity index (χ4v) is 14.9. The molecule has 2 aliphatic rings. The van der Waals surface area contributed by atoms with Gasteiger partial charge in [-0.2, -0.15) is 0 Å². The van der Waals surface area contributed by atoms with Crippen molar-refractivity contribution in [2.24, 2.45) is 0 Å². The highest BCUT2D eigenvalue weighted by Crippen LogP contribution is 2.41. The van der Waals surface area contributed by atoms with Crippen molar-refractivity contribution in [1.82, 2.24) is 39.9 Å². The van der Waals surface area contributed by atoms with Crippen LogP contribution in [0.4, 0.5) is 0 Å². The first-order valence-electron chi connectivity index (χ1n) is 24.9. The predicted octanol–water partition coefficient (Wildman–Crippen LogP) is 11.4. The molecule has 5 heterocycles. The van der Waals surface area contributed by atoms with Gasteiger partial charge in [-0.3, -0.25) is 0 Å². The number of aromatic amines is 2. The lowest BCUT2D eigenvalue weighted by molar-refractivity contribution is 0.594. The van der Waals surface area contributed by atoms with Crippen LogP contribution in [0.1, 0.15) is 22.3 Å². The summed E-state index contributed by atoms with van der Waals surface area (Å²) in [5.74, 6) is 0.207. The number of aryl methyl sites for hydroxylation is 4. The molecule has 13 rings (SSSR count). The molecule has 0 aliphatic carbocycles. The van der Waals surface area contributed by atoms with Crippen molar-refractivity contribution >= 4 is 83.5 Å². The molecule has 0 fully saturated rings. The third-order valence-corrected chi connectivity index (χ3v) is 21.4. The lowest BCUT2D eigenvalue weighted by atomic mass is 10.1. The Kier molecular flexibility index (Phi) is 11.5. The third kappa shape index (κ3) is 8.37. The van der Waals surface area contributed by atoms with Crippen LogP contribution in [0, 0.1) is 27.7 Å². The number of fused-ring (bicyclic) bond motifs is 20. The first kappa shape index (κ1) is 50.4. The predicted molar refractivity (Wildman–Crippen MR) is 303 cm³/mol. The van der Waals surface area contributed by atoms with Gasteiger partial charge in [0.05, 0.1) is 39.2 Å². The summed E-state index contributed by atoms with van der Waals surface area (Å²) >= 11 is 0. The van der Waals surface area contributed by atoms with Gasteiger partial charge in [-0.15, -0.1) is 0 Å². The zero-order valence-electron chi connectivity index (χ0n) is 42.7. The maximum atomic E-state index is 14.3. The molecule has 3 aromatic heterocycles. The van der Waals surface area contributed by atoms with Crippen molar-refractivity contribution in [3.05, 3.63) is 192 Å². The van der Waals surface area contributed by atoms with Crippen molar-refractivity contribution < 1.29 is 33.7 Å². The van der Waals surface area contributed by atoms with Gasteiger partial charge in [-0.25, -0.2) is 63.6 Å². The lowest BCUT2D eigenvalue weighted by Crippen LogP contribution is -2.02. The van der Waals surface area contributed by atoms with E-state index >= 15 is 0 Å². The van der Waals surface area contributed by atoms with E-state index in [1.165, 1.54) is 97.1 Å². The average Bonchev–Trinajstić information content (AvgIpc) is 4.32. The van der Waals surface area contributed by atoms with Crippen molar-refractivity contribution in [2.45, 2.75) is 66.9 Å². The standard InChI is InChI=1S/C60H42N8O8S4/c1-33-5-13-37(14-6-33)77(69,70)41-21-25-45-49(29-41)57-61-53(45)66-58-51-31-43(79(73,74)39-17-9-35(3)10-18-39)23-27-47(51)55(63-58)68-60-52-32-44(80(75,76)40-19-11-36(4)12-20-40)24-28-48(52)56(64-60)67-59-50-30-42(22-26-46(50)54(62-59)65-57)78(71,72)38-15-7-34(2)8-16-38/h5-32H,1-4H3,(H2,61,62,63,64,65,66,67,68). The van der Waals surface area contributed by atoms with Gasteiger partial charge in [0.25, 0.3) is 0 Å². The van der Waals surface area contributed by atoms with Gasteiger partial charge in [0.1, 0.15) is 22.6 Å². The number of aromatic nitrogens is 8. The number of hydrogen-bond acceptors (Lipinski definition) is 14. The molecule has 0 radical (unpaired) electrons. The maximum absolute atomic E-state index is 14.3. The van der Waals surface area contributed by atoms with Crippen LogP contribution in [0.25, 0.3) is 89.7 Å². The van der Waals surface area contributed by atoms with Crippen molar-refractivity contribution in [1.29, 1.82) is 0 Å². The summed E-state index contributed by atoms with van der Waals surface area (Å²) in [5.41, 5.74) is 5.39. The Hall–Kier alpha value is -9.08. The molecule has 80 heavy (non-hydrogen) atoms. The van der Waals surface area contributed by atoms with E-state index in [2.05, 4.69) is 9.97 Å². The van der Waals surface area contributed by atoms with E-state index in [0.29, 0.717) is 32.7 Å². The molecule has 0 spiro atoms. The zero-order valence-corrected chi connectivity index (χ0v) is 46.0. The zero-order chi connectivity index (χ0) is 55.6. The Morgan fingerprint density at radius 2 is 0.487 bits per heavy atom. The molecule has 8 aromatic carbocycles. The number of rotatable bonds is 8. The normalized spacial score (nSPS) is 12.7. The van der Waals surface area contributed by atoms with Crippen LogP contribution < -0.4 is 0 Å². The van der Waals surface area contributed by atoms with Crippen LogP contribution in [-0.4, -0.2) is 73.5 Å². The Balaban J connectivity index is 1.13. The highest BCUT2D eigenvalue weighted by Gasteiger charge is 2.29. The highest BCUT2D eigenvalue weighted by molar-refractivity contribution is 7.92. The number of hydrogen-bond donors (Lipinski definition) is 2. The van der Waals surface area contributed by atoms with Crippen LogP contribution >= 0.6 is 0 Å². The van der Waals surface area contributed by atoms with E-state index in [1.807, 2.05) is 27.7 Å². The van der Waals surface area contributed by atoms with Crippen LogP contribution in [0.5, 0.6) is 0 Å². The highest BCUT2D eigenvalue weighted by atomic mass is 32.2. The maximum Gasteiger partial charge on any atom is 0.206 e. The van der Waals surface area contributed by atoms with E-state index in [-0.39, 0.29) is 96.2 Å². The number of sulfone groups is 4. The molecule has 11 aromatic rings. The third-order valence-electron chi connectivity index (χ3n) is 14.3. The largest absolute Gasteiger partial charge is 0.324 e. The summed E-state index contributed by atoms with van der Waals surface area (Å²) in [4.78, 5) is 36.7. The summed E-state index contributed by atoms with van der Waals surface area (Å²) < 4.78 is 114. The second kappa shape index (κ2) is 18.2. The Bertz CT molecular complexity index is 4820. The molecule has 16 nitrogen and oxygen atoms in total. The lowest BCUT2D eigenvalue weighted by Gasteiger charge is -2.07. The molecule has 0 atom stereocenters. The molecule has 0 amide bonds. The Labute approximate surface area is 458 Å². The fourth-order valence-electron chi connectivity index (χ4n) is 9.79. The molecule has 2 N–H and O–H groups in total. The monoisotopic (exact) mass is 1130 g/mol. The van der Waals surface area contributed by atoms with Crippen LogP contribution in [0.15, 0.2) is 209 Å².